The molecule has 1 saturated heterocycles. The zero-order chi connectivity index (χ0) is 19.7. The van der Waals surface area contributed by atoms with Gasteiger partial charge in [0.2, 0.25) is 0 Å². The van der Waals surface area contributed by atoms with E-state index < -0.39 is 35.0 Å². The molecule has 1 heterocycles. The summed E-state index contributed by atoms with van der Waals surface area (Å²) in [4.78, 5) is 24.6. The van der Waals surface area contributed by atoms with E-state index in [-0.39, 0.29) is 0 Å². The summed E-state index contributed by atoms with van der Waals surface area (Å²) in [6.45, 7) is 8.79. The lowest BCUT2D eigenvalue weighted by Crippen LogP contribution is -2.60. The maximum absolute atomic E-state index is 12.4. The van der Waals surface area contributed by atoms with Gasteiger partial charge in [-0.2, -0.15) is 0 Å². The van der Waals surface area contributed by atoms with E-state index in [1.807, 2.05) is 39.8 Å². The van der Waals surface area contributed by atoms with Gasteiger partial charge in [-0.25, -0.2) is 0 Å². The van der Waals surface area contributed by atoms with Gasteiger partial charge in [-0.15, -0.1) is 10.3 Å². The SMILES string of the molecule is CC(C(=O)Oc1ccc(I)cc1)C(=O)OC1CC(C)(C)N([O])C(C)(C)C1. The molecule has 1 fully saturated rings. The van der Waals surface area contributed by atoms with Crippen molar-refractivity contribution in [2.24, 2.45) is 5.92 Å². The molecule has 26 heavy (non-hydrogen) atoms. The molecule has 1 aromatic carbocycles. The summed E-state index contributed by atoms with van der Waals surface area (Å²) in [6.07, 6.45) is 0.432. The van der Waals surface area contributed by atoms with Crippen LogP contribution in [0.5, 0.6) is 5.75 Å². The van der Waals surface area contributed by atoms with Crippen LogP contribution in [0, 0.1) is 9.49 Å². The van der Waals surface area contributed by atoms with E-state index in [1.165, 1.54) is 6.92 Å². The number of hydroxylamine groups is 2. The van der Waals surface area contributed by atoms with Gasteiger partial charge in [-0.3, -0.25) is 9.59 Å². The molecule has 6 nitrogen and oxygen atoms in total. The average molecular weight is 474 g/mol. The topological polar surface area (TPSA) is 75.7 Å². The number of carbonyl (C=O) groups excluding carboxylic acids is 2. The number of piperidine rings is 1. The monoisotopic (exact) mass is 474 g/mol. The van der Waals surface area contributed by atoms with Crippen molar-refractivity contribution in [3.63, 3.8) is 0 Å². The first kappa shape index (κ1) is 21.1. The van der Waals surface area contributed by atoms with Gasteiger partial charge < -0.3 is 9.47 Å². The first-order chi connectivity index (χ1) is 11.9. The average Bonchev–Trinajstić information content (AvgIpc) is 2.53. The molecule has 0 aliphatic carbocycles. The van der Waals surface area contributed by atoms with Crippen molar-refractivity contribution in [2.45, 2.75) is 64.6 Å². The van der Waals surface area contributed by atoms with Gasteiger partial charge in [-0.1, -0.05) is 0 Å². The van der Waals surface area contributed by atoms with Crippen molar-refractivity contribution in [2.75, 3.05) is 0 Å². The Morgan fingerprint density at radius 1 is 1.08 bits per heavy atom. The predicted molar refractivity (Wildman–Crippen MR) is 104 cm³/mol. The largest absolute Gasteiger partial charge is 0.462 e. The fourth-order valence-electron chi connectivity index (χ4n) is 3.32. The van der Waals surface area contributed by atoms with E-state index in [9.17, 15) is 14.8 Å². The molecule has 1 aliphatic rings. The van der Waals surface area contributed by atoms with Crippen molar-refractivity contribution in [1.82, 2.24) is 5.06 Å². The highest BCUT2D eigenvalue weighted by atomic mass is 127. The van der Waals surface area contributed by atoms with Crippen molar-refractivity contribution in [1.29, 1.82) is 0 Å². The summed E-state index contributed by atoms with van der Waals surface area (Å²) >= 11 is 2.15. The van der Waals surface area contributed by atoms with Crippen LogP contribution in [0.3, 0.4) is 0 Å². The molecule has 2 rings (SSSR count). The maximum Gasteiger partial charge on any atom is 0.325 e. The lowest BCUT2D eigenvalue weighted by atomic mass is 9.80. The molecule has 7 heteroatoms. The summed E-state index contributed by atoms with van der Waals surface area (Å²) < 4.78 is 11.8. The molecule has 1 aliphatic heterocycles. The second-order valence-electron chi connectivity index (χ2n) is 7.98. The van der Waals surface area contributed by atoms with Gasteiger partial charge in [-0.05, 0) is 81.5 Å². The standard InChI is InChI=1S/C19H25INO5/c1-12(16(22)25-14-8-6-13(20)7-9-14)17(23)26-15-10-18(2,3)21(24)19(4,5)11-15/h6-9,12,15H,10-11H2,1-5H3. The van der Waals surface area contributed by atoms with Gasteiger partial charge in [0.15, 0.2) is 5.92 Å². The minimum absolute atomic E-state index is 0.386. The lowest BCUT2D eigenvalue weighted by molar-refractivity contribution is -0.299. The predicted octanol–water partition coefficient (Wildman–Crippen LogP) is 3.74. The summed E-state index contributed by atoms with van der Waals surface area (Å²) in [6, 6.07) is 6.97. The zero-order valence-corrected chi connectivity index (χ0v) is 17.9. The van der Waals surface area contributed by atoms with Crippen LogP contribution in [-0.2, 0) is 19.5 Å². The van der Waals surface area contributed by atoms with Crippen molar-refractivity contribution in [3.05, 3.63) is 27.8 Å². The number of nitrogens with zero attached hydrogens (tertiary/aromatic N) is 1. The molecule has 0 saturated carbocycles. The highest BCUT2D eigenvalue weighted by Crippen LogP contribution is 2.38. The third-order valence-electron chi connectivity index (χ3n) is 4.58. The zero-order valence-electron chi connectivity index (χ0n) is 15.7. The highest BCUT2D eigenvalue weighted by Gasteiger charge is 2.47. The molecular formula is C19H25INO5. The normalized spacial score (nSPS) is 21.0. The number of benzene rings is 1. The quantitative estimate of drug-likeness (QED) is 0.288. The van der Waals surface area contributed by atoms with E-state index >= 15 is 0 Å². The van der Waals surface area contributed by atoms with Gasteiger partial charge in [0, 0.05) is 27.5 Å². The molecule has 1 aromatic rings. The fourth-order valence-corrected chi connectivity index (χ4v) is 3.68. The summed E-state index contributed by atoms with van der Waals surface area (Å²) in [5.74, 6) is -1.93. The number of halogens is 1. The summed E-state index contributed by atoms with van der Waals surface area (Å²) in [5, 5.41) is 13.4. The smallest absolute Gasteiger partial charge is 0.325 e. The van der Waals surface area contributed by atoms with E-state index in [2.05, 4.69) is 22.6 Å². The number of carbonyl (C=O) groups is 2. The third kappa shape index (κ3) is 4.95. The number of hydrogen-bond donors (Lipinski definition) is 0. The van der Waals surface area contributed by atoms with Crippen LogP contribution < -0.4 is 4.74 Å². The minimum atomic E-state index is -1.04. The van der Waals surface area contributed by atoms with Crippen molar-refractivity contribution < 1.29 is 24.3 Å². The second kappa shape index (κ2) is 7.82. The maximum atomic E-state index is 12.4. The fraction of sp³-hybridized carbons (Fsp3) is 0.579. The van der Waals surface area contributed by atoms with E-state index in [4.69, 9.17) is 9.47 Å². The van der Waals surface area contributed by atoms with Crippen LogP contribution in [-0.4, -0.2) is 34.2 Å². The van der Waals surface area contributed by atoms with Crippen LogP contribution in [0.2, 0.25) is 0 Å². The van der Waals surface area contributed by atoms with Crippen LogP contribution in [0.1, 0.15) is 47.5 Å². The molecule has 1 unspecified atom stereocenters. The van der Waals surface area contributed by atoms with Crippen LogP contribution >= 0.6 is 22.6 Å². The molecule has 0 spiro atoms. The van der Waals surface area contributed by atoms with Gasteiger partial charge in [0.1, 0.15) is 11.9 Å². The number of ether oxygens (including phenoxy) is 2. The Balaban J connectivity index is 1.98. The second-order valence-corrected chi connectivity index (χ2v) is 9.23. The Hall–Kier alpha value is -1.19. The molecular weight excluding hydrogens is 449 g/mol. The number of esters is 2. The Bertz CT molecular complexity index is 653. The van der Waals surface area contributed by atoms with Gasteiger partial charge in [0.25, 0.3) is 0 Å². The molecule has 0 aromatic heterocycles. The van der Waals surface area contributed by atoms with Gasteiger partial charge >= 0.3 is 11.9 Å². The molecule has 0 amide bonds. The highest BCUT2D eigenvalue weighted by molar-refractivity contribution is 14.1. The summed E-state index contributed by atoms with van der Waals surface area (Å²) in [7, 11) is 0. The van der Waals surface area contributed by atoms with Crippen LogP contribution in [0.25, 0.3) is 0 Å². The molecule has 0 N–H and O–H groups in total. The Morgan fingerprint density at radius 2 is 1.58 bits per heavy atom. The first-order valence-corrected chi connectivity index (χ1v) is 9.65. The lowest BCUT2D eigenvalue weighted by Gasteiger charge is -2.49. The number of hydrogen-bond acceptors (Lipinski definition) is 5. The van der Waals surface area contributed by atoms with Crippen LogP contribution in [0.15, 0.2) is 24.3 Å². The van der Waals surface area contributed by atoms with Crippen molar-refractivity contribution >= 4 is 34.5 Å². The third-order valence-corrected chi connectivity index (χ3v) is 5.30. The van der Waals surface area contributed by atoms with E-state index in [0.29, 0.717) is 18.6 Å². The minimum Gasteiger partial charge on any atom is -0.462 e. The molecule has 1 radical (unpaired) electrons. The summed E-state index contributed by atoms with van der Waals surface area (Å²) in [5.41, 5.74) is -1.28. The molecule has 0 bridgehead atoms. The van der Waals surface area contributed by atoms with Crippen molar-refractivity contribution in [3.8, 4) is 5.75 Å². The molecule has 1 atom stereocenters. The first-order valence-electron chi connectivity index (χ1n) is 8.57. The number of rotatable bonds is 4. The Kier molecular flexibility index (Phi) is 6.35. The van der Waals surface area contributed by atoms with Crippen LogP contribution in [0.4, 0.5) is 0 Å². The Labute approximate surface area is 167 Å². The van der Waals surface area contributed by atoms with Gasteiger partial charge in [0.05, 0.1) is 0 Å². The van der Waals surface area contributed by atoms with E-state index in [0.717, 1.165) is 8.63 Å². The Morgan fingerprint density at radius 3 is 2.08 bits per heavy atom. The molecule has 143 valence electrons. The van der Waals surface area contributed by atoms with E-state index in [1.54, 1.807) is 12.1 Å².